The highest BCUT2D eigenvalue weighted by molar-refractivity contribution is 7.11. The van der Waals surface area contributed by atoms with E-state index in [-0.39, 0.29) is 5.60 Å². The normalized spacial score (nSPS) is 18.4. The first-order chi connectivity index (χ1) is 8.75. The van der Waals surface area contributed by atoms with Gasteiger partial charge in [-0.3, -0.25) is 0 Å². The minimum atomic E-state index is -0.0741. The van der Waals surface area contributed by atoms with E-state index in [1.54, 1.807) is 0 Å². The Morgan fingerprint density at radius 2 is 2.06 bits per heavy atom. The van der Waals surface area contributed by atoms with Crippen molar-refractivity contribution in [3.8, 4) is 0 Å². The molecule has 0 aliphatic heterocycles. The third-order valence-electron chi connectivity index (χ3n) is 3.67. The molecule has 4 heteroatoms. The van der Waals surface area contributed by atoms with Crippen LogP contribution in [0.4, 0.5) is 0 Å². The Hall–Kier alpha value is -0.450. The predicted molar refractivity (Wildman–Crippen MR) is 76.0 cm³/mol. The molecule has 0 atom stereocenters. The lowest BCUT2D eigenvalue weighted by Crippen LogP contribution is -2.26. The van der Waals surface area contributed by atoms with Gasteiger partial charge in [-0.15, -0.1) is 11.3 Å². The van der Waals surface area contributed by atoms with Crippen molar-refractivity contribution in [2.24, 2.45) is 0 Å². The Bertz CT molecular complexity index is 383. The zero-order valence-electron chi connectivity index (χ0n) is 11.7. The molecule has 0 aromatic carbocycles. The van der Waals surface area contributed by atoms with E-state index < -0.39 is 0 Å². The lowest BCUT2D eigenvalue weighted by atomic mass is 10.0. The van der Waals surface area contributed by atoms with Gasteiger partial charge in [-0.1, -0.05) is 19.8 Å². The van der Waals surface area contributed by atoms with Crippen LogP contribution in [0.3, 0.4) is 0 Å². The summed E-state index contributed by atoms with van der Waals surface area (Å²) >= 11 is 1.85. The third kappa shape index (κ3) is 2.60. The van der Waals surface area contributed by atoms with E-state index in [1.165, 1.54) is 28.4 Å². The van der Waals surface area contributed by atoms with Gasteiger partial charge in [0.2, 0.25) is 0 Å². The van der Waals surface area contributed by atoms with Gasteiger partial charge in [-0.05, 0) is 33.2 Å². The summed E-state index contributed by atoms with van der Waals surface area (Å²) < 4.78 is 6.09. The van der Waals surface area contributed by atoms with Crippen LogP contribution < -0.4 is 5.32 Å². The number of nitrogens with zero attached hydrogens (tertiary/aromatic N) is 1. The number of hydrogen-bond donors (Lipinski definition) is 1. The van der Waals surface area contributed by atoms with Crippen LogP contribution in [0.2, 0.25) is 0 Å². The lowest BCUT2D eigenvalue weighted by Gasteiger charge is -2.26. The van der Waals surface area contributed by atoms with Gasteiger partial charge in [0.05, 0.1) is 5.69 Å². The Morgan fingerprint density at radius 1 is 1.33 bits per heavy atom. The second-order valence-corrected chi connectivity index (χ2v) is 5.99. The van der Waals surface area contributed by atoms with Crippen molar-refractivity contribution in [3.05, 3.63) is 15.6 Å². The molecule has 1 saturated carbocycles. The molecule has 18 heavy (non-hydrogen) atoms. The van der Waals surface area contributed by atoms with Crippen LogP contribution in [0.1, 0.15) is 55.1 Å². The number of thiazole rings is 1. The second kappa shape index (κ2) is 6.13. The van der Waals surface area contributed by atoms with Crippen molar-refractivity contribution in [2.75, 3.05) is 13.7 Å². The maximum Gasteiger partial charge on any atom is 0.125 e. The summed E-state index contributed by atoms with van der Waals surface area (Å²) in [7, 11) is 1.99. The average molecular weight is 268 g/mol. The summed E-state index contributed by atoms with van der Waals surface area (Å²) in [6.45, 7) is 5.97. The fourth-order valence-electron chi connectivity index (χ4n) is 2.80. The molecule has 1 aromatic rings. The fraction of sp³-hybridized carbons (Fsp3) is 0.786. The topological polar surface area (TPSA) is 34.1 Å². The van der Waals surface area contributed by atoms with Crippen LogP contribution in [0, 0.1) is 0 Å². The van der Waals surface area contributed by atoms with Gasteiger partial charge in [0.25, 0.3) is 0 Å². The second-order valence-electron chi connectivity index (χ2n) is 4.91. The van der Waals surface area contributed by atoms with Crippen molar-refractivity contribution in [1.82, 2.24) is 10.3 Å². The monoisotopic (exact) mass is 268 g/mol. The maximum absolute atomic E-state index is 6.09. The fourth-order valence-corrected chi connectivity index (χ4v) is 4.16. The first kappa shape index (κ1) is 14.0. The van der Waals surface area contributed by atoms with E-state index >= 15 is 0 Å². The highest BCUT2D eigenvalue weighted by atomic mass is 32.1. The Kier molecular flexibility index (Phi) is 4.76. The van der Waals surface area contributed by atoms with Gasteiger partial charge in [-0.2, -0.15) is 0 Å². The molecule has 1 heterocycles. The zero-order valence-corrected chi connectivity index (χ0v) is 12.5. The van der Waals surface area contributed by atoms with Crippen molar-refractivity contribution < 1.29 is 4.74 Å². The van der Waals surface area contributed by atoms with Crippen molar-refractivity contribution in [3.63, 3.8) is 0 Å². The number of nitrogens with one attached hydrogen (secondary N) is 1. The third-order valence-corrected chi connectivity index (χ3v) is 4.96. The number of aromatic nitrogens is 1. The average Bonchev–Trinajstić information content (AvgIpc) is 2.97. The summed E-state index contributed by atoms with van der Waals surface area (Å²) in [6, 6.07) is 0. The highest BCUT2D eigenvalue weighted by Crippen LogP contribution is 2.44. The molecule has 0 spiro atoms. The number of rotatable bonds is 6. The lowest BCUT2D eigenvalue weighted by molar-refractivity contribution is -0.0392. The molecule has 1 N–H and O–H groups in total. The predicted octanol–water partition coefficient (Wildman–Crippen LogP) is 3.23. The van der Waals surface area contributed by atoms with Crippen LogP contribution in [-0.4, -0.2) is 18.6 Å². The van der Waals surface area contributed by atoms with Gasteiger partial charge in [0.1, 0.15) is 10.6 Å². The minimum Gasteiger partial charge on any atom is -0.368 e. The van der Waals surface area contributed by atoms with Crippen LogP contribution in [0.5, 0.6) is 0 Å². The molecular weight excluding hydrogens is 244 g/mol. The molecule has 0 radical (unpaired) electrons. The molecule has 0 bridgehead atoms. The Morgan fingerprint density at radius 3 is 2.61 bits per heavy atom. The smallest absolute Gasteiger partial charge is 0.125 e. The van der Waals surface area contributed by atoms with Crippen LogP contribution in [0.25, 0.3) is 0 Å². The van der Waals surface area contributed by atoms with Gasteiger partial charge in [0, 0.05) is 18.0 Å². The summed E-state index contributed by atoms with van der Waals surface area (Å²) in [6.07, 6.45) is 5.81. The summed E-state index contributed by atoms with van der Waals surface area (Å²) in [5.41, 5.74) is 1.17. The Balaban J connectivity index is 2.30. The standard InChI is InChI=1S/C14H24N2OS/c1-4-11-12(10-15-3)18-13(16-11)14(17-5-2)8-6-7-9-14/h15H,4-10H2,1-3H3. The molecule has 0 saturated heterocycles. The molecule has 2 rings (SSSR count). The van der Waals surface area contributed by atoms with Crippen LogP contribution in [-0.2, 0) is 23.3 Å². The number of ether oxygens (including phenoxy) is 1. The molecule has 1 fully saturated rings. The van der Waals surface area contributed by atoms with Gasteiger partial charge < -0.3 is 10.1 Å². The first-order valence-corrected chi connectivity index (χ1v) is 7.85. The van der Waals surface area contributed by atoms with E-state index in [2.05, 4.69) is 19.2 Å². The molecule has 3 nitrogen and oxygen atoms in total. The van der Waals surface area contributed by atoms with E-state index in [1.807, 2.05) is 18.4 Å². The summed E-state index contributed by atoms with van der Waals surface area (Å²) in [5.74, 6) is 0. The molecule has 0 amide bonds. The summed E-state index contributed by atoms with van der Waals surface area (Å²) in [5, 5.41) is 4.45. The van der Waals surface area contributed by atoms with Crippen LogP contribution >= 0.6 is 11.3 Å². The first-order valence-electron chi connectivity index (χ1n) is 7.03. The Labute approximate surface area is 114 Å². The van der Waals surface area contributed by atoms with E-state index in [0.29, 0.717) is 0 Å². The van der Waals surface area contributed by atoms with Gasteiger partial charge in [0.15, 0.2) is 0 Å². The van der Waals surface area contributed by atoms with E-state index in [9.17, 15) is 0 Å². The van der Waals surface area contributed by atoms with E-state index in [4.69, 9.17) is 9.72 Å². The molecular formula is C14H24N2OS. The van der Waals surface area contributed by atoms with E-state index in [0.717, 1.165) is 32.4 Å². The quantitative estimate of drug-likeness (QED) is 0.860. The van der Waals surface area contributed by atoms with Crippen LogP contribution in [0.15, 0.2) is 0 Å². The number of aryl methyl sites for hydroxylation is 1. The minimum absolute atomic E-state index is 0.0741. The molecule has 0 unspecified atom stereocenters. The molecule has 1 aliphatic rings. The van der Waals surface area contributed by atoms with Crippen molar-refractivity contribution in [2.45, 2.75) is 58.1 Å². The summed E-state index contributed by atoms with van der Waals surface area (Å²) in [4.78, 5) is 6.25. The SMILES string of the molecule is CCOC1(c2nc(CC)c(CNC)s2)CCCC1. The molecule has 1 aliphatic carbocycles. The molecule has 1 aromatic heterocycles. The number of hydrogen-bond acceptors (Lipinski definition) is 4. The van der Waals surface area contributed by atoms with Crippen molar-refractivity contribution >= 4 is 11.3 Å². The zero-order chi connectivity index (χ0) is 13.0. The van der Waals surface area contributed by atoms with Gasteiger partial charge >= 0.3 is 0 Å². The maximum atomic E-state index is 6.09. The largest absolute Gasteiger partial charge is 0.368 e. The van der Waals surface area contributed by atoms with Crippen molar-refractivity contribution in [1.29, 1.82) is 0 Å². The molecule has 102 valence electrons. The van der Waals surface area contributed by atoms with Gasteiger partial charge in [-0.25, -0.2) is 4.98 Å². The highest BCUT2D eigenvalue weighted by Gasteiger charge is 2.39.